The molecule has 5 nitrogen and oxygen atoms in total. The molecule has 1 amide bonds. The zero-order valence-corrected chi connectivity index (χ0v) is 12.8. The summed E-state index contributed by atoms with van der Waals surface area (Å²) in [5.41, 5.74) is 1.58. The number of carbonyl (C=O) groups excluding carboxylic acids is 1. The van der Waals surface area contributed by atoms with E-state index in [1.165, 1.54) is 0 Å². The number of hydrogen-bond donors (Lipinski definition) is 2. The summed E-state index contributed by atoms with van der Waals surface area (Å²) in [6, 6.07) is 18.2. The predicted molar refractivity (Wildman–Crippen MR) is 87.0 cm³/mol. The fraction of sp³-hybridized carbons (Fsp3) is 0.188. The highest BCUT2D eigenvalue weighted by Crippen LogP contribution is 2.04. The number of sulfonamides is 1. The standard InChI is InChI=1S/C16H18N2O3S/c19-16(18-15-9-5-2-6-10-15)13-17-22(20,21)12-11-14-7-3-1-4-8-14/h1-10,17H,11-13H2,(H,18,19). The maximum atomic E-state index is 11.9. The van der Waals surface area contributed by atoms with E-state index in [1.54, 1.807) is 24.3 Å². The number of amides is 1. The Labute approximate surface area is 130 Å². The van der Waals surface area contributed by atoms with Gasteiger partial charge in [0.2, 0.25) is 15.9 Å². The zero-order valence-electron chi connectivity index (χ0n) is 12.0. The van der Waals surface area contributed by atoms with Gasteiger partial charge in [-0.2, -0.15) is 0 Å². The molecule has 0 unspecified atom stereocenters. The van der Waals surface area contributed by atoms with Crippen molar-refractivity contribution in [2.75, 3.05) is 17.6 Å². The molecule has 22 heavy (non-hydrogen) atoms. The highest BCUT2D eigenvalue weighted by atomic mass is 32.2. The van der Waals surface area contributed by atoms with Gasteiger partial charge >= 0.3 is 0 Å². The van der Waals surface area contributed by atoms with Crippen LogP contribution in [-0.4, -0.2) is 26.6 Å². The van der Waals surface area contributed by atoms with Gasteiger partial charge in [0.15, 0.2) is 0 Å². The van der Waals surface area contributed by atoms with Crippen LogP contribution in [0.15, 0.2) is 60.7 Å². The van der Waals surface area contributed by atoms with E-state index in [0.717, 1.165) is 5.56 Å². The van der Waals surface area contributed by atoms with Crippen LogP contribution in [0.5, 0.6) is 0 Å². The fourth-order valence-electron chi connectivity index (χ4n) is 1.87. The van der Waals surface area contributed by atoms with Gasteiger partial charge in [-0.15, -0.1) is 0 Å². The van der Waals surface area contributed by atoms with Gasteiger partial charge in [0.25, 0.3) is 0 Å². The Bertz CT molecular complexity index is 701. The first-order chi connectivity index (χ1) is 10.6. The minimum atomic E-state index is -3.48. The van der Waals surface area contributed by atoms with E-state index in [4.69, 9.17) is 0 Å². The molecule has 0 aliphatic rings. The lowest BCUT2D eigenvalue weighted by atomic mass is 10.2. The number of nitrogens with one attached hydrogen (secondary N) is 2. The van der Waals surface area contributed by atoms with Gasteiger partial charge in [-0.1, -0.05) is 48.5 Å². The quantitative estimate of drug-likeness (QED) is 0.817. The molecule has 0 bridgehead atoms. The van der Waals surface area contributed by atoms with Crippen LogP contribution < -0.4 is 10.0 Å². The van der Waals surface area contributed by atoms with E-state index in [2.05, 4.69) is 10.0 Å². The fourth-order valence-corrected chi connectivity index (χ4v) is 2.87. The van der Waals surface area contributed by atoms with Crippen molar-refractivity contribution < 1.29 is 13.2 Å². The van der Waals surface area contributed by atoms with Gasteiger partial charge in [-0.05, 0) is 24.1 Å². The SMILES string of the molecule is O=C(CNS(=O)(=O)CCc1ccccc1)Nc1ccccc1. The molecule has 0 radical (unpaired) electrons. The van der Waals surface area contributed by atoms with E-state index in [-0.39, 0.29) is 12.3 Å². The summed E-state index contributed by atoms with van der Waals surface area (Å²) in [4.78, 5) is 11.7. The van der Waals surface area contributed by atoms with Crippen molar-refractivity contribution in [3.63, 3.8) is 0 Å². The van der Waals surface area contributed by atoms with Gasteiger partial charge in [0, 0.05) is 5.69 Å². The summed E-state index contributed by atoms with van der Waals surface area (Å²) in [5.74, 6) is -0.440. The summed E-state index contributed by atoms with van der Waals surface area (Å²) < 4.78 is 26.0. The normalized spacial score (nSPS) is 11.1. The van der Waals surface area contributed by atoms with Crippen molar-refractivity contribution in [1.29, 1.82) is 0 Å². The number of carbonyl (C=O) groups is 1. The number of aryl methyl sites for hydroxylation is 1. The average Bonchev–Trinajstić information content (AvgIpc) is 2.53. The maximum Gasteiger partial charge on any atom is 0.239 e. The van der Waals surface area contributed by atoms with Crippen LogP contribution in [-0.2, 0) is 21.2 Å². The number of para-hydroxylation sites is 1. The minimum Gasteiger partial charge on any atom is -0.325 e. The van der Waals surface area contributed by atoms with E-state index >= 15 is 0 Å². The van der Waals surface area contributed by atoms with Crippen LogP contribution in [0.25, 0.3) is 0 Å². The molecule has 2 aromatic carbocycles. The Kier molecular flexibility index (Phi) is 5.68. The van der Waals surface area contributed by atoms with Crippen LogP contribution in [0.3, 0.4) is 0 Å². The summed E-state index contributed by atoms with van der Waals surface area (Å²) in [5, 5.41) is 2.62. The van der Waals surface area contributed by atoms with Crippen LogP contribution >= 0.6 is 0 Å². The molecule has 0 saturated heterocycles. The molecule has 0 atom stereocenters. The predicted octanol–water partition coefficient (Wildman–Crippen LogP) is 1.79. The molecule has 2 rings (SSSR count). The smallest absolute Gasteiger partial charge is 0.239 e. The zero-order chi connectivity index (χ0) is 15.8. The Hall–Kier alpha value is -2.18. The first-order valence-electron chi connectivity index (χ1n) is 6.91. The second-order valence-electron chi connectivity index (χ2n) is 4.79. The van der Waals surface area contributed by atoms with E-state index < -0.39 is 15.9 Å². The Morgan fingerprint density at radius 2 is 1.50 bits per heavy atom. The first-order valence-corrected chi connectivity index (χ1v) is 8.56. The van der Waals surface area contributed by atoms with Crippen LogP contribution in [0.4, 0.5) is 5.69 Å². The molecule has 0 fully saturated rings. The minimum absolute atomic E-state index is 0.0460. The average molecular weight is 318 g/mol. The summed E-state index contributed by atoms with van der Waals surface area (Å²) in [6.45, 7) is -0.272. The van der Waals surface area contributed by atoms with E-state index in [0.29, 0.717) is 12.1 Å². The summed E-state index contributed by atoms with van der Waals surface area (Å²) in [7, 11) is -3.48. The van der Waals surface area contributed by atoms with Crippen molar-refractivity contribution in [3.05, 3.63) is 66.2 Å². The lowest BCUT2D eigenvalue weighted by molar-refractivity contribution is -0.115. The van der Waals surface area contributed by atoms with E-state index in [1.807, 2.05) is 36.4 Å². The Morgan fingerprint density at radius 3 is 2.14 bits per heavy atom. The second kappa shape index (κ2) is 7.72. The summed E-state index contributed by atoms with van der Waals surface area (Å²) >= 11 is 0. The van der Waals surface area contributed by atoms with E-state index in [9.17, 15) is 13.2 Å². The molecule has 0 saturated carbocycles. The van der Waals surface area contributed by atoms with Crippen LogP contribution in [0.2, 0.25) is 0 Å². The topological polar surface area (TPSA) is 75.3 Å². The number of hydrogen-bond acceptors (Lipinski definition) is 3. The monoisotopic (exact) mass is 318 g/mol. The number of rotatable bonds is 7. The Balaban J connectivity index is 1.78. The van der Waals surface area contributed by atoms with Gasteiger partial charge < -0.3 is 5.32 Å². The largest absolute Gasteiger partial charge is 0.325 e. The lowest BCUT2D eigenvalue weighted by Gasteiger charge is -2.08. The molecule has 0 aliphatic carbocycles. The molecule has 6 heteroatoms. The maximum absolute atomic E-state index is 11.9. The molecule has 0 aromatic heterocycles. The molecule has 2 aromatic rings. The van der Waals surface area contributed by atoms with Crippen molar-refractivity contribution in [3.8, 4) is 0 Å². The van der Waals surface area contributed by atoms with Crippen LogP contribution in [0.1, 0.15) is 5.56 Å². The molecule has 0 spiro atoms. The van der Waals surface area contributed by atoms with Gasteiger partial charge in [0.05, 0.1) is 12.3 Å². The molecular weight excluding hydrogens is 300 g/mol. The third kappa shape index (κ3) is 5.67. The van der Waals surface area contributed by atoms with Crippen molar-refractivity contribution in [1.82, 2.24) is 4.72 Å². The highest BCUT2D eigenvalue weighted by molar-refractivity contribution is 7.89. The molecule has 0 aliphatic heterocycles. The number of anilines is 1. The number of benzene rings is 2. The third-order valence-corrected chi connectivity index (χ3v) is 4.34. The van der Waals surface area contributed by atoms with Crippen molar-refractivity contribution in [2.24, 2.45) is 0 Å². The Morgan fingerprint density at radius 1 is 0.909 bits per heavy atom. The molecule has 2 N–H and O–H groups in total. The molecular formula is C16H18N2O3S. The van der Waals surface area contributed by atoms with Gasteiger partial charge in [0.1, 0.15) is 0 Å². The summed E-state index contributed by atoms with van der Waals surface area (Å²) in [6.07, 6.45) is 0.413. The molecule has 0 heterocycles. The van der Waals surface area contributed by atoms with Crippen molar-refractivity contribution in [2.45, 2.75) is 6.42 Å². The molecule has 116 valence electrons. The highest BCUT2D eigenvalue weighted by Gasteiger charge is 2.12. The first kappa shape index (κ1) is 16.2. The van der Waals surface area contributed by atoms with Crippen LogP contribution in [0, 0.1) is 0 Å². The van der Waals surface area contributed by atoms with Gasteiger partial charge in [-0.25, -0.2) is 13.1 Å². The van der Waals surface area contributed by atoms with Gasteiger partial charge in [-0.3, -0.25) is 4.79 Å². The van der Waals surface area contributed by atoms with Crippen molar-refractivity contribution >= 4 is 21.6 Å². The third-order valence-electron chi connectivity index (χ3n) is 3.01. The lowest BCUT2D eigenvalue weighted by Crippen LogP contribution is -2.34. The second-order valence-corrected chi connectivity index (χ2v) is 6.72.